The summed E-state index contributed by atoms with van der Waals surface area (Å²) in [6.07, 6.45) is 2.46. The first-order chi connectivity index (χ1) is 9.61. The summed E-state index contributed by atoms with van der Waals surface area (Å²) in [5.74, 6) is -0.355. The second-order valence-corrected chi connectivity index (χ2v) is 4.01. The molecule has 0 radical (unpaired) electrons. The van der Waals surface area contributed by atoms with Gasteiger partial charge in [0.2, 0.25) is 0 Å². The number of phenols is 1. The zero-order chi connectivity index (χ0) is 14.8. The summed E-state index contributed by atoms with van der Waals surface area (Å²) in [6, 6.07) is 5.94. The number of rotatable bonds is 7. The maximum atomic E-state index is 11.5. The van der Waals surface area contributed by atoms with Crippen LogP contribution in [0.15, 0.2) is 36.9 Å². The highest BCUT2D eigenvalue weighted by atomic mass is 16.5. The minimum Gasteiger partial charge on any atom is -0.508 e. The fourth-order valence-electron chi connectivity index (χ4n) is 1.42. The van der Waals surface area contributed by atoms with Crippen molar-refractivity contribution in [1.29, 1.82) is 0 Å². The van der Waals surface area contributed by atoms with Gasteiger partial charge in [-0.15, -0.1) is 0 Å². The maximum absolute atomic E-state index is 11.5. The lowest BCUT2D eigenvalue weighted by Crippen LogP contribution is -2.29. The number of carbonyl (C=O) groups is 2. The Balaban J connectivity index is 2.11. The Hall–Kier alpha value is -2.50. The summed E-state index contributed by atoms with van der Waals surface area (Å²) >= 11 is 0. The maximum Gasteiger partial charge on any atom is 0.330 e. The molecule has 2 amide bonds. The first-order valence-corrected chi connectivity index (χ1v) is 6.25. The number of phenolic OH excluding ortho intramolecular Hbond substituents is 1. The average molecular weight is 278 g/mol. The Morgan fingerprint density at radius 3 is 2.85 bits per heavy atom. The van der Waals surface area contributed by atoms with Gasteiger partial charge in [0.05, 0.1) is 6.61 Å². The highest BCUT2D eigenvalue weighted by Crippen LogP contribution is 2.14. The van der Waals surface area contributed by atoms with E-state index in [0.29, 0.717) is 31.7 Å². The number of aromatic hydroxyl groups is 1. The molecule has 0 aliphatic carbocycles. The molecule has 0 bridgehead atoms. The van der Waals surface area contributed by atoms with Crippen LogP contribution in [0.1, 0.15) is 12.8 Å². The van der Waals surface area contributed by atoms with E-state index in [1.807, 2.05) is 0 Å². The van der Waals surface area contributed by atoms with Gasteiger partial charge >= 0.3 is 12.0 Å². The molecule has 1 aromatic rings. The molecular weight excluding hydrogens is 260 g/mol. The Bertz CT molecular complexity index is 474. The average Bonchev–Trinajstić information content (AvgIpc) is 2.42. The molecule has 0 saturated carbocycles. The summed E-state index contributed by atoms with van der Waals surface area (Å²) < 4.78 is 4.79. The predicted octanol–water partition coefficient (Wildman–Crippen LogP) is 2.02. The van der Waals surface area contributed by atoms with Gasteiger partial charge in [-0.2, -0.15) is 0 Å². The van der Waals surface area contributed by atoms with E-state index in [1.54, 1.807) is 12.1 Å². The lowest BCUT2D eigenvalue weighted by atomic mass is 10.3. The van der Waals surface area contributed by atoms with Crippen LogP contribution in [0.2, 0.25) is 0 Å². The number of urea groups is 1. The third-order valence-electron chi connectivity index (χ3n) is 2.37. The van der Waals surface area contributed by atoms with Crippen LogP contribution < -0.4 is 10.6 Å². The fourth-order valence-corrected chi connectivity index (χ4v) is 1.42. The molecule has 0 unspecified atom stereocenters. The molecule has 1 aromatic carbocycles. The molecule has 6 nitrogen and oxygen atoms in total. The Morgan fingerprint density at radius 1 is 1.35 bits per heavy atom. The molecule has 0 aromatic heterocycles. The zero-order valence-electron chi connectivity index (χ0n) is 11.1. The van der Waals surface area contributed by atoms with Crippen molar-refractivity contribution < 1.29 is 19.4 Å². The Kier molecular flexibility index (Phi) is 6.67. The summed E-state index contributed by atoms with van der Waals surface area (Å²) in [6.45, 7) is 4.06. The molecule has 0 heterocycles. The van der Waals surface area contributed by atoms with Crippen molar-refractivity contribution in [2.45, 2.75) is 12.8 Å². The molecule has 6 heteroatoms. The van der Waals surface area contributed by atoms with E-state index in [1.165, 1.54) is 12.1 Å². The standard InChI is InChI=1S/C14H18N2O4/c1-2-13(18)20-9-4-3-8-15-14(19)16-11-6-5-7-12(17)10-11/h2,5-7,10,17H,1,3-4,8-9H2,(H2,15,16,19). The molecule has 108 valence electrons. The summed E-state index contributed by atoms with van der Waals surface area (Å²) in [4.78, 5) is 22.3. The topological polar surface area (TPSA) is 87.7 Å². The summed E-state index contributed by atoms with van der Waals surface area (Å²) in [5.41, 5.74) is 0.516. The number of amides is 2. The number of esters is 1. The van der Waals surface area contributed by atoms with Gasteiger partial charge < -0.3 is 20.5 Å². The van der Waals surface area contributed by atoms with E-state index in [2.05, 4.69) is 17.2 Å². The molecule has 0 aliphatic rings. The van der Waals surface area contributed by atoms with Gasteiger partial charge in [-0.3, -0.25) is 0 Å². The molecular formula is C14H18N2O4. The van der Waals surface area contributed by atoms with Crippen molar-refractivity contribution in [3.05, 3.63) is 36.9 Å². The molecule has 0 saturated heterocycles. The third kappa shape index (κ3) is 6.44. The monoisotopic (exact) mass is 278 g/mol. The highest BCUT2D eigenvalue weighted by Gasteiger charge is 2.01. The number of carbonyl (C=O) groups excluding carboxylic acids is 2. The van der Waals surface area contributed by atoms with Crippen LogP contribution in [0.3, 0.4) is 0 Å². The van der Waals surface area contributed by atoms with Gasteiger partial charge in [0.25, 0.3) is 0 Å². The number of hydrogen-bond acceptors (Lipinski definition) is 4. The van der Waals surface area contributed by atoms with Gasteiger partial charge in [-0.1, -0.05) is 12.6 Å². The summed E-state index contributed by atoms with van der Waals surface area (Å²) in [7, 11) is 0. The van der Waals surface area contributed by atoms with E-state index in [9.17, 15) is 14.7 Å². The van der Waals surface area contributed by atoms with Crippen molar-refractivity contribution in [3.63, 3.8) is 0 Å². The van der Waals surface area contributed by atoms with Crippen LogP contribution in [0, 0.1) is 0 Å². The van der Waals surface area contributed by atoms with E-state index in [4.69, 9.17) is 4.74 Å². The van der Waals surface area contributed by atoms with Crippen molar-refractivity contribution in [2.24, 2.45) is 0 Å². The molecule has 3 N–H and O–H groups in total. The molecule has 0 spiro atoms. The molecule has 20 heavy (non-hydrogen) atoms. The second-order valence-electron chi connectivity index (χ2n) is 4.01. The fraction of sp³-hybridized carbons (Fsp3) is 0.286. The van der Waals surface area contributed by atoms with Crippen molar-refractivity contribution in [2.75, 3.05) is 18.5 Å². The largest absolute Gasteiger partial charge is 0.508 e. The third-order valence-corrected chi connectivity index (χ3v) is 2.37. The number of unbranched alkanes of at least 4 members (excludes halogenated alkanes) is 1. The van der Waals surface area contributed by atoms with Gasteiger partial charge in [0.15, 0.2) is 0 Å². The number of benzene rings is 1. The number of anilines is 1. The van der Waals surface area contributed by atoms with Crippen molar-refractivity contribution in [1.82, 2.24) is 5.32 Å². The lowest BCUT2D eigenvalue weighted by Gasteiger charge is -2.07. The minimum absolute atomic E-state index is 0.0897. The Morgan fingerprint density at radius 2 is 2.15 bits per heavy atom. The van der Waals surface area contributed by atoms with Gasteiger partial charge in [0, 0.05) is 24.4 Å². The van der Waals surface area contributed by atoms with Gasteiger partial charge in [-0.05, 0) is 25.0 Å². The van der Waals surface area contributed by atoms with E-state index >= 15 is 0 Å². The smallest absolute Gasteiger partial charge is 0.330 e. The molecule has 0 atom stereocenters. The van der Waals surface area contributed by atoms with Crippen LogP contribution in [-0.4, -0.2) is 30.3 Å². The molecule has 0 aliphatic heterocycles. The van der Waals surface area contributed by atoms with E-state index in [-0.39, 0.29) is 11.8 Å². The summed E-state index contributed by atoms with van der Waals surface area (Å²) in [5, 5.41) is 14.5. The molecule has 1 rings (SSSR count). The van der Waals surface area contributed by atoms with Crippen LogP contribution in [-0.2, 0) is 9.53 Å². The first kappa shape index (κ1) is 15.6. The quantitative estimate of drug-likeness (QED) is 0.404. The Labute approximate surface area is 117 Å². The van der Waals surface area contributed by atoms with Crippen LogP contribution in [0.5, 0.6) is 5.75 Å². The second kappa shape index (κ2) is 8.58. The SMILES string of the molecule is C=CC(=O)OCCCCNC(=O)Nc1cccc(O)c1. The van der Waals surface area contributed by atoms with Crippen molar-refractivity contribution in [3.8, 4) is 5.75 Å². The van der Waals surface area contributed by atoms with Crippen molar-refractivity contribution >= 4 is 17.7 Å². The first-order valence-electron chi connectivity index (χ1n) is 6.25. The van der Waals surface area contributed by atoms with E-state index < -0.39 is 5.97 Å². The lowest BCUT2D eigenvalue weighted by molar-refractivity contribution is -0.137. The normalized spacial score (nSPS) is 9.60. The predicted molar refractivity (Wildman–Crippen MR) is 75.5 cm³/mol. The van der Waals surface area contributed by atoms with Crippen LogP contribution >= 0.6 is 0 Å². The number of nitrogens with one attached hydrogen (secondary N) is 2. The molecule has 0 fully saturated rings. The minimum atomic E-state index is -0.445. The van der Waals surface area contributed by atoms with Crippen LogP contribution in [0.25, 0.3) is 0 Å². The number of ether oxygens (including phenoxy) is 1. The van der Waals surface area contributed by atoms with E-state index in [0.717, 1.165) is 6.08 Å². The van der Waals surface area contributed by atoms with Gasteiger partial charge in [-0.25, -0.2) is 9.59 Å². The van der Waals surface area contributed by atoms with Crippen LogP contribution in [0.4, 0.5) is 10.5 Å². The number of hydrogen-bond donors (Lipinski definition) is 3. The van der Waals surface area contributed by atoms with Gasteiger partial charge in [0.1, 0.15) is 5.75 Å². The highest BCUT2D eigenvalue weighted by molar-refractivity contribution is 5.89. The zero-order valence-corrected chi connectivity index (χ0v) is 11.1.